The van der Waals surface area contributed by atoms with Crippen LogP contribution in [0.2, 0.25) is 0 Å². The van der Waals surface area contributed by atoms with Crippen LogP contribution in [0.4, 0.5) is 0 Å². The summed E-state index contributed by atoms with van der Waals surface area (Å²) in [6, 6.07) is 97.6. The number of Topliss-reactive ketones (excluding diaryl/α,β-unsaturated/α-hetero) is 4. The van der Waals surface area contributed by atoms with E-state index in [9.17, 15) is 39.6 Å². The largest absolute Gasteiger partial charge is 0.376 e. The molecular formula is C92H84O8. The first kappa shape index (κ1) is 70.5. The van der Waals surface area contributed by atoms with E-state index in [-0.39, 0.29) is 23.1 Å². The smallest absolute Gasteiger partial charge is 0.141 e. The van der Waals surface area contributed by atoms with E-state index in [1.165, 1.54) is 0 Å². The molecule has 0 amide bonds. The second kappa shape index (κ2) is 30.1. The second-order valence-electron chi connectivity index (χ2n) is 25.7. The molecule has 100 heavy (non-hydrogen) atoms. The molecule has 500 valence electrons. The van der Waals surface area contributed by atoms with Crippen molar-refractivity contribution in [2.45, 2.75) is 103 Å². The number of ketones is 4. The van der Waals surface area contributed by atoms with Crippen LogP contribution >= 0.6 is 0 Å². The number of benzene rings is 12. The molecule has 0 heterocycles. The quantitative estimate of drug-likeness (QED) is 0.106. The number of hydrogen-bond donors (Lipinski definition) is 4. The van der Waals surface area contributed by atoms with Crippen molar-refractivity contribution in [2.24, 2.45) is 0 Å². The van der Waals surface area contributed by atoms with Gasteiger partial charge in [-0.25, -0.2) is 0 Å². The fraction of sp³-hybridized carbons (Fsp3) is 0.174. The molecule has 0 atom stereocenters. The Labute approximate surface area is 587 Å². The standard InChI is InChI=1S/2C38H26O2.4C4H8O/c2*39-37(33-13-5-1-9-29(33)30-10-2-6-14-34(30)37)27-21-17-25(18-22-27)26-19-23-28(24-20-26)38(40)35-15-7-3-11-31(35)32-12-4-8-16-36(32)38;4*1-3-4(2)5/h2*1-24,39-40H;4*3H2,1-2H3. The number of carbonyl (C=O) groups is 4. The fourth-order valence-corrected chi connectivity index (χ4v) is 13.7. The van der Waals surface area contributed by atoms with Gasteiger partial charge in [0.1, 0.15) is 45.5 Å². The van der Waals surface area contributed by atoms with Gasteiger partial charge in [0.05, 0.1) is 0 Å². The molecule has 0 aromatic heterocycles. The van der Waals surface area contributed by atoms with Crippen molar-refractivity contribution in [1.29, 1.82) is 0 Å². The highest BCUT2D eigenvalue weighted by Crippen LogP contribution is 2.55. The number of rotatable bonds is 10. The Balaban J connectivity index is 0.000000159. The third-order valence-electron chi connectivity index (χ3n) is 19.6. The van der Waals surface area contributed by atoms with Gasteiger partial charge in [0, 0.05) is 70.2 Å². The predicted octanol–water partition coefficient (Wildman–Crippen LogP) is 19.7. The maximum atomic E-state index is 12.1. The summed E-state index contributed by atoms with van der Waals surface area (Å²) in [5, 5.41) is 48.6. The Kier molecular flexibility index (Phi) is 21.2. The Hall–Kier alpha value is -10.8. The van der Waals surface area contributed by atoms with Crippen LogP contribution in [-0.2, 0) is 41.6 Å². The summed E-state index contributed by atoms with van der Waals surface area (Å²) in [5.41, 5.74) is 18.8. The van der Waals surface area contributed by atoms with Crippen molar-refractivity contribution in [3.8, 4) is 66.8 Å². The molecule has 0 spiro atoms. The van der Waals surface area contributed by atoms with Crippen LogP contribution in [0.15, 0.2) is 291 Å². The normalized spacial score (nSPS) is 13.6. The molecule has 4 N–H and O–H groups in total. The molecule has 0 bridgehead atoms. The lowest BCUT2D eigenvalue weighted by atomic mass is 9.83. The summed E-state index contributed by atoms with van der Waals surface area (Å²) in [6.07, 6.45) is 2.67. The first-order valence-electron chi connectivity index (χ1n) is 34.4. The summed E-state index contributed by atoms with van der Waals surface area (Å²) in [6.45, 7) is 13.7. The van der Waals surface area contributed by atoms with Gasteiger partial charge in [-0.1, -0.05) is 319 Å². The van der Waals surface area contributed by atoms with Gasteiger partial charge < -0.3 is 39.6 Å². The van der Waals surface area contributed by atoms with Gasteiger partial charge >= 0.3 is 0 Å². The minimum atomic E-state index is -1.19. The van der Waals surface area contributed by atoms with E-state index in [0.717, 1.165) is 134 Å². The molecule has 0 aliphatic heterocycles. The molecule has 4 aliphatic carbocycles. The monoisotopic (exact) mass is 1320 g/mol. The van der Waals surface area contributed by atoms with Crippen molar-refractivity contribution in [3.05, 3.63) is 358 Å². The first-order chi connectivity index (χ1) is 48.3. The van der Waals surface area contributed by atoms with Crippen molar-refractivity contribution in [2.75, 3.05) is 0 Å². The fourth-order valence-electron chi connectivity index (χ4n) is 13.7. The Morgan fingerprint density at radius 2 is 0.320 bits per heavy atom. The molecule has 0 saturated carbocycles. The van der Waals surface area contributed by atoms with Crippen LogP contribution in [0.25, 0.3) is 66.8 Å². The van der Waals surface area contributed by atoms with Gasteiger partial charge in [0.2, 0.25) is 0 Å². The Morgan fingerprint density at radius 1 is 0.210 bits per heavy atom. The van der Waals surface area contributed by atoms with Crippen LogP contribution < -0.4 is 0 Å². The van der Waals surface area contributed by atoms with Crippen LogP contribution in [0.1, 0.15) is 148 Å². The molecule has 12 aromatic carbocycles. The average molecular weight is 1320 g/mol. The van der Waals surface area contributed by atoms with Gasteiger partial charge in [-0.3, -0.25) is 0 Å². The molecule has 4 aliphatic rings. The zero-order valence-electron chi connectivity index (χ0n) is 58.0. The molecule has 0 saturated heterocycles. The summed E-state index contributed by atoms with van der Waals surface area (Å²) in [5.74, 6) is 1.02. The lowest BCUT2D eigenvalue weighted by Crippen LogP contribution is -2.26. The molecule has 0 fully saturated rings. The summed E-state index contributed by atoms with van der Waals surface area (Å²) in [7, 11) is 0. The third kappa shape index (κ3) is 13.2. The highest BCUT2D eigenvalue weighted by Gasteiger charge is 2.46. The van der Waals surface area contributed by atoms with E-state index < -0.39 is 22.4 Å². The van der Waals surface area contributed by atoms with Gasteiger partial charge in [0.15, 0.2) is 0 Å². The van der Waals surface area contributed by atoms with Gasteiger partial charge in [0.25, 0.3) is 0 Å². The highest BCUT2D eigenvalue weighted by atomic mass is 16.3. The molecule has 12 aromatic rings. The zero-order chi connectivity index (χ0) is 70.9. The summed E-state index contributed by atoms with van der Waals surface area (Å²) < 4.78 is 0. The molecule has 16 rings (SSSR count). The minimum absolute atomic E-state index is 0.255. The molecule has 8 heteroatoms. The molecular weight excluding hydrogens is 1230 g/mol. The van der Waals surface area contributed by atoms with Crippen LogP contribution in [0.3, 0.4) is 0 Å². The van der Waals surface area contributed by atoms with E-state index >= 15 is 0 Å². The van der Waals surface area contributed by atoms with Crippen LogP contribution in [0, 0.1) is 0 Å². The van der Waals surface area contributed by atoms with Gasteiger partial charge in [-0.15, -0.1) is 0 Å². The molecule has 0 unspecified atom stereocenters. The maximum absolute atomic E-state index is 12.1. The Bertz CT molecular complexity index is 4140. The maximum Gasteiger partial charge on any atom is 0.141 e. The van der Waals surface area contributed by atoms with Crippen molar-refractivity contribution < 1.29 is 39.6 Å². The predicted molar refractivity (Wildman–Crippen MR) is 404 cm³/mol. The minimum Gasteiger partial charge on any atom is -0.376 e. The second-order valence-corrected chi connectivity index (χ2v) is 25.7. The third-order valence-corrected chi connectivity index (χ3v) is 19.6. The van der Waals surface area contributed by atoms with E-state index in [4.69, 9.17) is 0 Å². The van der Waals surface area contributed by atoms with E-state index in [0.29, 0.717) is 25.7 Å². The first-order valence-corrected chi connectivity index (χ1v) is 34.4. The lowest BCUT2D eigenvalue weighted by molar-refractivity contribution is -0.117. The molecule has 0 radical (unpaired) electrons. The number of hydrogen-bond acceptors (Lipinski definition) is 8. The number of fused-ring (bicyclic) bond motifs is 12. The summed E-state index contributed by atoms with van der Waals surface area (Å²) in [4.78, 5) is 39.2. The zero-order valence-corrected chi connectivity index (χ0v) is 58.0. The van der Waals surface area contributed by atoms with Crippen LogP contribution in [0.5, 0.6) is 0 Å². The highest BCUT2D eigenvalue weighted by molar-refractivity contribution is 5.87. The molecule has 8 nitrogen and oxygen atoms in total. The Morgan fingerprint density at radius 3 is 0.430 bits per heavy atom. The van der Waals surface area contributed by atoms with Crippen molar-refractivity contribution in [1.82, 2.24) is 0 Å². The van der Waals surface area contributed by atoms with Gasteiger partial charge in [-0.05, 0) is 117 Å². The number of aliphatic hydroxyl groups is 4. The van der Waals surface area contributed by atoms with E-state index in [1.807, 2.05) is 222 Å². The average Bonchev–Trinajstić information content (AvgIpc) is 1.59. The van der Waals surface area contributed by atoms with Crippen molar-refractivity contribution in [3.63, 3.8) is 0 Å². The van der Waals surface area contributed by atoms with Crippen LogP contribution in [-0.4, -0.2) is 43.6 Å². The topological polar surface area (TPSA) is 149 Å². The lowest BCUT2D eigenvalue weighted by Gasteiger charge is -2.27. The van der Waals surface area contributed by atoms with E-state index in [1.54, 1.807) is 27.7 Å². The number of carbonyl (C=O) groups excluding carboxylic acids is 4. The summed E-state index contributed by atoms with van der Waals surface area (Å²) >= 11 is 0. The van der Waals surface area contributed by atoms with Gasteiger partial charge in [-0.2, -0.15) is 0 Å². The SMILES string of the molecule is CCC(C)=O.CCC(C)=O.CCC(C)=O.CCC(C)=O.OC1(c2ccc(-c3ccc(C4(O)c5ccccc5-c5ccccc54)cc3)cc2)c2ccccc2-c2ccccc21.OC1(c2ccc(-c3ccc(C4(O)c5ccccc5-c5ccccc54)cc3)cc2)c2ccccc2-c2ccccc21. The van der Waals surface area contributed by atoms with Crippen molar-refractivity contribution >= 4 is 23.1 Å². The van der Waals surface area contributed by atoms with E-state index in [2.05, 4.69) is 97.1 Å².